The van der Waals surface area contributed by atoms with Crippen LogP contribution in [0.5, 0.6) is 5.88 Å². The van der Waals surface area contributed by atoms with E-state index < -0.39 is 0 Å². The number of hydrogen-bond acceptors (Lipinski definition) is 5. The molecule has 1 N–H and O–H groups in total. The fraction of sp³-hybridized carbons (Fsp3) is 0.389. The van der Waals surface area contributed by atoms with E-state index in [-0.39, 0.29) is 5.91 Å². The Hall–Kier alpha value is -2.47. The second kappa shape index (κ2) is 10.3. The van der Waals surface area contributed by atoms with Crippen LogP contribution in [0.3, 0.4) is 0 Å². The molecule has 0 saturated heterocycles. The van der Waals surface area contributed by atoms with Crippen LogP contribution in [0.25, 0.3) is 0 Å². The zero-order chi connectivity index (χ0) is 17.0. The molecule has 0 atom stereocenters. The lowest BCUT2D eigenvalue weighted by molar-refractivity contribution is -0.121. The molecule has 0 bridgehead atoms. The van der Waals surface area contributed by atoms with Crippen molar-refractivity contribution in [3.8, 4) is 5.88 Å². The van der Waals surface area contributed by atoms with E-state index in [4.69, 9.17) is 9.47 Å². The normalized spacial score (nSPS) is 10.4. The molecule has 24 heavy (non-hydrogen) atoms. The number of nitrogens with zero attached hydrogens (tertiary/aromatic N) is 2. The fourth-order valence-corrected chi connectivity index (χ4v) is 2.17. The minimum Gasteiger partial charge on any atom is -0.475 e. The third-order valence-corrected chi connectivity index (χ3v) is 3.42. The van der Waals surface area contributed by atoms with Crippen LogP contribution in [0.15, 0.2) is 42.7 Å². The van der Waals surface area contributed by atoms with Crippen LogP contribution in [0.2, 0.25) is 0 Å². The predicted molar refractivity (Wildman–Crippen MR) is 90.6 cm³/mol. The number of ether oxygens (including phenoxy) is 2. The maximum Gasteiger partial charge on any atom is 0.220 e. The molecule has 2 aromatic rings. The van der Waals surface area contributed by atoms with Gasteiger partial charge in [0.25, 0.3) is 0 Å². The van der Waals surface area contributed by atoms with Crippen LogP contribution < -0.4 is 10.1 Å². The second-order valence-electron chi connectivity index (χ2n) is 5.26. The summed E-state index contributed by atoms with van der Waals surface area (Å²) in [5.74, 6) is 0.543. The van der Waals surface area contributed by atoms with Gasteiger partial charge in [-0.1, -0.05) is 12.1 Å². The Balaban J connectivity index is 1.73. The van der Waals surface area contributed by atoms with Crippen LogP contribution in [0.4, 0.5) is 0 Å². The second-order valence-corrected chi connectivity index (χ2v) is 5.26. The molecular formula is C18H23N3O3. The quantitative estimate of drug-likeness (QED) is 0.676. The Morgan fingerprint density at radius 1 is 1.12 bits per heavy atom. The lowest BCUT2D eigenvalue weighted by atomic mass is 10.1. The van der Waals surface area contributed by atoms with Crippen molar-refractivity contribution >= 4 is 5.91 Å². The van der Waals surface area contributed by atoms with E-state index in [9.17, 15) is 4.79 Å². The molecule has 0 aliphatic carbocycles. The van der Waals surface area contributed by atoms with Crippen LogP contribution in [0.1, 0.15) is 24.1 Å². The highest BCUT2D eigenvalue weighted by Crippen LogP contribution is 2.14. The molecule has 6 heteroatoms. The molecule has 0 aromatic carbocycles. The lowest BCUT2D eigenvalue weighted by Crippen LogP contribution is -2.23. The lowest BCUT2D eigenvalue weighted by Gasteiger charge is -2.10. The van der Waals surface area contributed by atoms with Crippen molar-refractivity contribution in [3.63, 3.8) is 0 Å². The van der Waals surface area contributed by atoms with Gasteiger partial charge in [-0.15, -0.1) is 0 Å². The van der Waals surface area contributed by atoms with Gasteiger partial charge in [0, 0.05) is 43.7 Å². The SMILES string of the molecule is COCCOc1ncccc1CNC(=O)CCCc1ccccn1. The number of carbonyl (C=O) groups is 1. The van der Waals surface area contributed by atoms with Gasteiger partial charge in [0.2, 0.25) is 11.8 Å². The molecule has 0 spiro atoms. The summed E-state index contributed by atoms with van der Waals surface area (Å²) in [6.45, 7) is 1.33. The third kappa shape index (κ3) is 6.34. The maximum atomic E-state index is 12.0. The maximum absolute atomic E-state index is 12.0. The van der Waals surface area contributed by atoms with Gasteiger partial charge in [0.15, 0.2) is 0 Å². The van der Waals surface area contributed by atoms with Gasteiger partial charge in [0.05, 0.1) is 6.61 Å². The number of pyridine rings is 2. The Labute approximate surface area is 142 Å². The highest BCUT2D eigenvalue weighted by atomic mass is 16.5. The van der Waals surface area contributed by atoms with Gasteiger partial charge in [-0.25, -0.2) is 4.98 Å². The highest BCUT2D eigenvalue weighted by molar-refractivity contribution is 5.75. The standard InChI is InChI=1S/C18H23N3O3/c1-23-12-13-24-18-15(6-5-11-20-18)14-21-17(22)9-4-8-16-7-2-3-10-19-16/h2-3,5-7,10-11H,4,8-9,12-14H2,1H3,(H,21,22). The Bertz CT molecular complexity index is 620. The van der Waals surface area contributed by atoms with Gasteiger partial charge in [-0.05, 0) is 31.0 Å². The third-order valence-electron chi connectivity index (χ3n) is 3.42. The number of amides is 1. The molecule has 0 saturated carbocycles. The minimum absolute atomic E-state index is 0.0117. The molecule has 0 fully saturated rings. The van der Waals surface area contributed by atoms with Gasteiger partial charge in [0.1, 0.15) is 6.61 Å². The molecule has 128 valence electrons. The Morgan fingerprint density at radius 2 is 2.00 bits per heavy atom. The largest absolute Gasteiger partial charge is 0.475 e. The van der Waals surface area contributed by atoms with Crippen molar-refractivity contribution in [3.05, 3.63) is 54.0 Å². The molecular weight excluding hydrogens is 306 g/mol. The Morgan fingerprint density at radius 3 is 2.79 bits per heavy atom. The Kier molecular flexibility index (Phi) is 7.70. The molecule has 2 aromatic heterocycles. The molecule has 0 aliphatic rings. The summed E-state index contributed by atoms with van der Waals surface area (Å²) >= 11 is 0. The average Bonchev–Trinajstić information content (AvgIpc) is 2.62. The van der Waals surface area contributed by atoms with E-state index in [1.807, 2.05) is 30.3 Å². The summed E-state index contributed by atoms with van der Waals surface area (Å²) in [6, 6.07) is 9.53. The van der Waals surface area contributed by atoms with E-state index in [2.05, 4.69) is 15.3 Å². The molecule has 2 heterocycles. The number of hydrogen-bond donors (Lipinski definition) is 1. The summed E-state index contributed by atoms with van der Waals surface area (Å²) in [6.07, 6.45) is 5.47. The first-order chi connectivity index (χ1) is 11.8. The highest BCUT2D eigenvalue weighted by Gasteiger charge is 2.07. The number of carbonyl (C=O) groups excluding carboxylic acids is 1. The van der Waals surface area contributed by atoms with Crippen molar-refractivity contribution in [2.75, 3.05) is 20.3 Å². The topological polar surface area (TPSA) is 73.3 Å². The fourth-order valence-electron chi connectivity index (χ4n) is 2.17. The zero-order valence-corrected chi connectivity index (χ0v) is 13.9. The molecule has 1 amide bonds. The monoisotopic (exact) mass is 329 g/mol. The molecule has 0 aliphatic heterocycles. The average molecular weight is 329 g/mol. The van der Waals surface area contributed by atoms with E-state index in [0.717, 1.165) is 24.1 Å². The van der Waals surface area contributed by atoms with Crippen molar-refractivity contribution < 1.29 is 14.3 Å². The van der Waals surface area contributed by atoms with Crippen molar-refractivity contribution in [1.82, 2.24) is 15.3 Å². The summed E-state index contributed by atoms with van der Waals surface area (Å²) in [4.78, 5) is 20.4. The van der Waals surface area contributed by atoms with Gasteiger partial charge < -0.3 is 14.8 Å². The van der Waals surface area contributed by atoms with Gasteiger partial charge in [-0.2, -0.15) is 0 Å². The summed E-state index contributed by atoms with van der Waals surface area (Å²) in [5, 5.41) is 2.91. The van der Waals surface area contributed by atoms with Gasteiger partial charge in [-0.3, -0.25) is 9.78 Å². The van der Waals surface area contributed by atoms with E-state index in [1.54, 1.807) is 19.5 Å². The minimum atomic E-state index is 0.0117. The van der Waals surface area contributed by atoms with Crippen LogP contribution in [0, 0.1) is 0 Å². The zero-order valence-electron chi connectivity index (χ0n) is 13.9. The van der Waals surface area contributed by atoms with E-state index >= 15 is 0 Å². The number of aryl methyl sites for hydroxylation is 1. The molecule has 0 radical (unpaired) electrons. The van der Waals surface area contributed by atoms with Crippen LogP contribution in [-0.2, 0) is 22.5 Å². The number of nitrogens with one attached hydrogen (secondary N) is 1. The predicted octanol–water partition coefficient (Wildman–Crippen LogP) is 2.14. The van der Waals surface area contributed by atoms with E-state index in [1.165, 1.54) is 0 Å². The van der Waals surface area contributed by atoms with Gasteiger partial charge >= 0.3 is 0 Å². The van der Waals surface area contributed by atoms with Crippen LogP contribution in [-0.4, -0.2) is 36.2 Å². The first-order valence-electron chi connectivity index (χ1n) is 8.02. The number of methoxy groups -OCH3 is 1. The first kappa shape index (κ1) is 17.9. The van der Waals surface area contributed by atoms with Crippen molar-refractivity contribution in [1.29, 1.82) is 0 Å². The molecule has 0 unspecified atom stereocenters. The summed E-state index contributed by atoms with van der Waals surface area (Å²) in [5.41, 5.74) is 1.86. The first-order valence-corrected chi connectivity index (χ1v) is 8.02. The van der Waals surface area contributed by atoms with Crippen molar-refractivity contribution in [2.24, 2.45) is 0 Å². The summed E-state index contributed by atoms with van der Waals surface area (Å²) < 4.78 is 10.5. The molecule has 6 nitrogen and oxygen atoms in total. The smallest absolute Gasteiger partial charge is 0.220 e. The number of aromatic nitrogens is 2. The number of rotatable bonds is 10. The summed E-state index contributed by atoms with van der Waals surface area (Å²) in [7, 11) is 1.62. The van der Waals surface area contributed by atoms with Crippen molar-refractivity contribution in [2.45, 2.75) is 25.8 Å². The van der Waals surface area contributed by atoms with E-state index in [0.29, 0.717) is 32.1 Å². The molecule has 2 rings (SSSR count). The van der Waals surface area contributed by atoms with Crippen LogP contribution >= 0.6 is 0 Å².